The zero-order chi connectivity index (χ0) is 23.8. The van der Waals surface area contributed by atoms with E-state index >= 15 is 0 Å². The lowest BCUT2D eigenvalue weighted by Crippen LogP contribution is -2.61. The van der Waals surface area contributed by atoms with Gasteiger partial charge in [-0.15, -0.1) is 0 Å². The molecular formula is C23H28N2O7. The first kappa shape index (κ1) is 23.5. The maximum Gasteiger partial charge on any atom is 0.358 e. The fourth-order valence-corrected chi connectivity index (χ4v) is 3.96. The monoisotopic (exact) mass is 444 g/mol. The summed E-state index contributed by atoms with van der Waals surface area (Å²) in [6.45, 7) is 6.00. The molecule has 9 heteroatoms. The molecule has 0 radical (unpaired) electrons. The lowest BCUT2D eigenvalue weighted by molar-refractivity contribution is -0.175. The Hall–Kier alpha value is -3.20. The molecule has 1 fully saturated rings. The average Bonchev–Trinajstić information content (AvgIpc) is 3.02. The van der Waals surface area contributed by atoms with Crippen LogP contribution in [0.5, 0.6) is 0 Å². The number of hydrogen-bond donors (Lipinski definition) is 2. The van der Waals surface area contributed by atoms with Gasteiger partial charge in [0.1, 0.15) is 5.70 Å². The second kappa shape index (κ2) is 8.74. The van der Waals surface area contributed by atoms with Gasteiger partial charge >= 0.3 is 11.9 Å². The normalized spacial score (nSPS) is 21.0. The van der Waals surface area contributed by atoms with Gasteiger partial charge in [-0.3, -0.25) is 14.4 Å². The first-order valence-electron chi connectivity index (χ1n) is 10.4. The molecule has 0 aromatic heterocycles. The molecule has 0 spiro atoms. The lowest BCUT2D eigenvalue weighted by Gasteiger charge is -2.44. The third-order valence-corrected chi connectivity index (χ3v) is 5.60. The van der Waals surface area contributed by atoms with Crippen molar-refractivity contribution < 1.29 is 33.8 Å². The van der Waals surface area contributed by atoms with Gasteiger partial charge in [0.2, 0.25) is 18.6 Å². The minimum absolute atomic E-state index is 0.0753. The van der Waals surface area contributed by atoms with Gasteiger partial charge in [-0.25, -0.2) is 4.79 Å². The Balaban J connectivity index is 1.85. The van der Waals surface area contributed by atoms with Gasteiger partial charge in [0.05, 0.1) is 29.9 Å². The third-order valence-electron chi connectivity index (χ3n) is 5.60. The number of hydrogen-bond acceptors (Lipinski definition) is 7. The number of rotatable bonds is 7. The summed E-state index contributed by atoms with van der Waals surface area (Å²) in [6, 6.07) is 6.58. The van der Waals surface area contributed by atoms with Crippen molar-refractivity contribution in [2.75, 3.05) is 6.79 Å². The molecule has 3 N–H and O–H groups in total. The molecule has 1 aromatic rings. The largest absolute Gasteiger partial charge is 0.427 e. The number of fused-ring (bicyclic) bond motifs is 1. The molecule has 1 saturated heterocycles. The van der Waals surface area contributed by atoms with Crippen LogP contribution in [0, 0.1) is 11.3 Å². The Morgan fingerprint density at radius 1 is 1.19 bits per heavy atom. The highest BCUT2D eigenvalue weighted by molar-refractivity contribution is 6.06. The SMILES string of the molecule is C[C@@H](O)[C@H]1C(=O)N2C(C(=O)OCOC(=O)C(C)(C)C)=C(c3ccc(CC(N)=O)cc3)C[C@H]12. The summed E-state index contributed by atoms with van der Waals surface area (Å²) in [5.41, 5.74) is 6.55. The fourth-order valence-electron chi connectivity index (χ4n) is 3.96. The molecule has 0 unspecified atom stereocenters. The van der Waals surface area contributed by atoms with Crippen molar-refractivity contribution >= 4 is 29.3 Å². The number of amides is 2. The van der Waals surface area contributed by atoms with Gasteiger partial charge in [-0.05, 0) is 50.8 Å². The van der Waals surface area contributed by atoms with Gasteiger partial charge in [0.15, 0.2) is 0 Å². The molecule has 0 bridgehead atoms. The number of primary amides is 1. The summed E-state index contributed by atoms with van der Waals surface area (Å²) in [4.78, 5) is 49.9. The van der Waals surface area contributed by atoms with E-state index in [4.69, 9.17) is 15.2 Å². The quantitative estimate of drug-likeness (QED) is 0.365. The summed E-state index contributed by atoms with van der Waals surface area (Å²) in [5, 5.41) is 9.99. The Bertz CT molecular complexity index is 973. The first-order valence-corrected chi connectivity index (χ1v) is 10.4. The smallest absolute Gasteiger partial charge is 0.358 e. The number of benzene rings is 1. The highest BCUT2D eigenvalue weighted by Crippen LogP contribution is 2.47. The fraction of sp³-hybridized carbons (Fsp3) is 0.478. The van der Waals surface area contributed by atoms with Gasteiger partial charge in [-0.1, -0.05) is 24.3 Å². The van der Waals surface area contributed by atoms with Crippen molar-refractivity contribution in [1.82, 2.24) is 4.90 Å². The Kier molecular flexibility index (Phi) is 6.41. The van der Waals surface area contributed by atoms with Crippen LogP contribution in [0.2, 0.25) is 0 Å². The van der Waals surface area contributed by atoms with Crippen molar-refractivity contribution in [2.24, 2.45) is 17.1 Å². The number of aliphatic hydroxyl groups excluding tert-OH is 1. The van der Waals surface area contributed by atoms with E-state index in [1.807, 2.05) is 0 Å². The summed E-state index contributed by atoms with van der Waals surface area (Å²) >= 11 is 0. The molecule has 2 heterocycles. The zero-order valence-corrected chi connectivity index (χ0v) is 18.6. The van der Waals surface area contributed by atoms with E-state index in [1.165, 1.54) is 4.90 Å². The van der Waals surface area contributed by atoms with Crippen LogP contribution in [0.25, 0.3) is 5.57 Å². The molecule has 172 valence electrons. The highest BCUT2D eigenvalue weighted by atomic mass is 16.7. The highest BCUT2D eigenvalue weighted by Gasteiger charge is 2.57. The van der Waals surface area contributed by atoms with E-state index in [2.05, 4.69) is 0 Å². The lowest BCUT2D eigenvalue weighted by atomic mass is 9.82. The number of nitrogens with zero attached hydrogens (tertiary/aromatic N) is 1. The number of aliphatic hydroxyl groups is 1. The number of carbonyl (C=O) groups is 4. The molecule has 0 aliphatic carbocycles. The van der Waals surface area contributed by atoms with E-state index in [0.717, 1.165) is 5.56 Å². The predicted octanol–water partition coefficient (Wildman–Crippen LogP) is 1.13. The van der Waals surface area contributed by atoms with Crippen molar-refractivity contribution in [3.63, 3.8) is 0 Å². The van der Waals surface area contributed by atoms with Crippen LogP contribution >= 0.6 is 0 Å². The average molecular weight is 444 g/mol. The van der Waals surface area contributed by atoms with Gasteiger partial charge in [0.25, 0.3) is 0 Å². The minimum Gasteiger partial charge on any atom is -0.427 e. The summed E-state index contributed by atoms with van der Waals surface area (Å²) in [5.74, 6) is -2.74. The van der Waals surface area contributed by atoms with Crippen LogP contribution in [-0.4, -0.2) is 52.7 Å². The Morgan fingerprint density at radius 3 is 2.34 bits per heavy atom. The Labute approximate surface area is 186 Å². The maximum absolute atomic E-state index is 12.9. The molecule has 2 aliphatic rings. The van der Waals surface area contributed by atoms with E-state index < -0.39 is 42.1 Å². The van der Waals surface area contributed by atoms with Crippen molar-refractivity contribution in [2.45, 2.75) is 52.7 Å². The van der Waals surface area contributed by atoms with Crippen LogP contribution in [0.4, 0.5) is 0 Å². The van der Waals surface area contributed by atoms with Gasteiger partial charge in [-0.2, -0.15) is 0 Å². The maximum atomic E-state index is 12.9. The summed E-state index contributed by atoms with van der Waals surface area (Å²) in [6.07, 6.45) is -0.404. The molecular weight excluding hydrogens is 416 g/mol. The van der Waals surface area contributed by atoms with Crippen LogP contribution < -0.4 is 5.73 Å². The summed E-state index contributed by atoms with van der Waals surface area (Å²) < 4.78 is 10.2. The van der Waals surface area contributed by atoms with E-state index in [0.29, 0.717) is 17.6 Å². The molecule has 3 atom stereocenters. The van der Waals surface area contributed by atoms with Crippen molar-refractivity contribution in [3.8, 4) is 0 Å². The number of ether oxygens (including phenoxy) is 2. The molecule has 1 aromatic carbocycles. The van der Waals surface area contributed by atoms with Gasteiger partial charge < -0.3 is 25.2 Å². The second-order valence-electron chi connectivity index (χ2n) is 9.14. The zero-order valence-electron chi connectivity index (χ0n) is 18.6. The standard InChI is InChI=1S/C23H28N2O7/c1-12(26)18-16-10-15(14-7-5-13(6-8-14)9-17(24)27)19(25(16)20(18)28)21(29)31-11-32-22(30)23(2,3)4/h5-8,12,16,18,26H,9-11H2,1-4H3,(H2,24,27)/t12-,16-,18-/m1/s1. The van der Waals surface area contributed by atoms with Crippen molar-refractivity contribution in [1.29, 1.82) is 0 Å². The molecule has 2 aliphatic heterocycles. The molecule has 9 nitrogen and oxygen atoms in total. The van der Waals surface area contributed by atoms with E-state index in [9.17, 15) is 24.3 Å². The van der Waals surface area contributed by atoms with Crippen LogP contribution in [-0.2, 0) is 35.1 Å². The minimum atomic E-state index is -0.856. The predicted molar refractivity (Wildman–Crippen MR) is 113 cm³/mol. The third kappa shape index (κ3) is 4.52. The molecule has 2 amide bonds. The van der Waals surface area contributed by atoms with E-state index in [-0.39, 0.29) is 24.1 Å². The first-order chi connectivity index (χ1) is 14.9. The van der Waals surface area contributed by atoms with Gasteiger partial charge in [0, 0.05) is 0 Å². The number of nitrogens with two attached hydrogens (primary N) is 1. The van der Waals surface area contributed by atoms with Crippen molar-refractivity contribution in [3.05, 3.63) is 41.1 Å². The number of carbonyl (C=O) groups excluding carboxylic acids is 4. The molecule has 32 heavy (non-hydrogen) atoms. The molecule has 3 rings (SSSR count). The van der Waals surface area contributed by atoms with E-state index in [1.54, 1.807) is 52.0 Å². The van der Waals surface area contributed by atoms with Crippen LogP contribution in [0.15, 0.2) is 30.0 Å². The number of β-lactam (4-membered cyclic amide) rings is 1. The van der Waals surface area contributed by atoms with Crippen LogP contribution in [0.1, 0.15) is 45.2 Å². The number of esters is 2. The van der Waals surface area contributed by atoms with Crippen LogP contribution in [0.3, 0.4) is 0 Å². The summed E-state index contributed by atoms with van der Waals surface area (Å²) in [7, 11) is 0. The Morgan fingerprint density at radius 2 is 1.81 bits per heavy atom. The second-order valence-corrected chi connectivity index (χ2v) is 9.14. The topological polar surface area (TPSA) is 136 Å². The molecule has 0 saturated carbocycles.